The van der Waals surface area contributed by atoms with Gasteiger partial charge < -0.3 is 14.2 Å². The lowest BCUT2D eigenvalue weighted by Crippen LogP contribution is -2.17. The monoisotopic (exact) mass is 328 g/mol. The van der Waals surface area contributed by atoms with E-state index in [1.165, 1.54) is 7.11 Å². The van der Waals surface area contributed by atoms with Crippen molar-refractivity contribution in [1.29, 1.82) is 0 Å². The second-order valence-corrected chi connectivity index (χ2v) is 5.74. The molecule has 0 N–H and O–H groups in total. The highest BCUT2D eigenvalue weighted by molar-refractivity contribution is 6.30. The Morgan fingerprint density at radius 3 is 2.43 bits per heavy atom. The van der Waals surface area contributed by atoms with E-state index < -0.39 is 0 Å². The van der Waals surface area contributed by atoms with Crippen molar-refractivity contribution in [2.45, 2.75) is 0 Å². The quantitative estimate of drug-likeness (QED) is 0.669. The molecule has 1 aromatic heterocycles. The minimum atomic E-state index is -0.349. The zero-order valence-corrected chi connectivity index (χ0v) is 14.0. The third kappa shape index (κ3) is 2.55. The Morgan fingerprint density at radius 1 is 1.13 bits per heavy atom. The molecule has 0 saturated heterocycles. The maximum atomic E-state index is 12.4. The molecule has 0 aliphatic heterocycles. The van der Waals surface area contributed by atoms with Gasteiger partial charge in [0.2, 0.25) is 0 Å². The van der Waals surface area contributed by atoms with E-state index in [1.54, 1.807) is 0 Å². The summed E-state index contributed by atoms with van der Waals surface area (Å²) in [4.78, 5) is 14.3. The van der Waals surface area contributed by atoms with Gasteiger partial charge in [-0.2, -0.15) is 0 Å². The van der Waals surface area contributed by atoms with Crippen LogP contribution >= 0.6 is 11.6 Å². The number of carbonyl (C=O) groups excluding carboxylic acids is 1. The van der Waals surface area contributed by atoms with Crippen molar-refractivity contribution in [3.05, 3.63) is 59.1 Å². The molecule has 5 heteroatoms. The van der Waals surface area contributed by atoms with E-state index in [2.05, 4.69) is 0 Å². The van der Waals surface area contributed by atoms with Crippen LogP contribution < -0.4 is 4.90 Å². The molecular weight excluding hydrogens is 312 g/mol. The molecule has 2 aromatic carbocycles. The number of fused-ring (bicyclic) bond motifs is 1. The summed E-state index contributed by atoms with van der Waals surface area (Å²) in [5.41, 5.74) is 2.47. The molecule has 3 aromatic rings. The van der Waals surface area contributed by atoms with Crippen LogP contribution in [0.15, 0.2) is 48.5 Å². The summed E-state index contributed by atoms with van der Waals surface area (Å²) in [6, 6.07) is 15.3. The Labute approximate surface area is 139 Å². The summed E-state index contributed by atoms with van der Waals surface area (Å²) in [7, 11) is 5.26. The first-order chi connectivity index (χ1) is 11.0. The predicted octanol–water partition coefficient (Wildman–Crippen LogP) is 4.39. The summed E-state index contributed by atoms with van der Waals surface area (Å²) >= 11 is 5.96. The lowest BCUT2D eigenvalue weighted by Gasteiger charge is -2.21. The summed E-state index contributed by atoms with van der Waals surface area (Å²) < 4.78 is 7.00. The minimum Gasteiger partial charge on any atom is -0.465 e. The van der Waals surface area contributed by atoms with Crippen LogP contribution in [-0.4, -0.2) is 24.7 Å². The molecule has 0 bridgehead atoms. The van der Waals surface area contributed by atoms with Crippen molar-refractivity contribution in [3.63, 3.8) is 0 Å². The number of hydrogen-bond donors (Lipinski definition) is 0. The van der Waals surface area contributed by atoms with Crippen molar-refractivity contribution in [2.75, 3.05) is 19.1 Å². The zero-order valence-electron chi connectivity index (χ0n) is 13.2. The van der Waals surface area contributed by atoms with E-state index in [0.29, 0.717) is 10.6 Å². The van der Waals surface area contributed by atoms with Gasteiger partial charge in [0, 0.05) is 30.2 Å². The van der Waals surface area contributed by atoms with Gasteiger partial charge in [-0.1, -0.05) is 29.8 Å². The lowest BCUT2D eigenvalue weighted by atomic mass is 10.1. The average Bonchev–Trinajstić information content (AvgIpc) is 2.87. The van der Waals surface area contributed by atoms with Crippen molar-refractivity contribution in [1.82, 2.24) is 4.57 Å². The third-order valence-electron chi connectivity index (χ3n) is 4.00. The van der Waals surface area contributed by atoms with Gasteiger partial charge in [-0.3, -0.25) is 0 Å². The first-order valence-corrected chi connectivity index (χ1v) is 7.57. The van der Waals surface area contributed by atoms with Crippen LogP contribution in [0.5, 0.6) is 0 Å². The number of aromatic nitrogens is 1. The number of nitrogens with zero attached hydrogens (tertiary/aromatic N) is 2. The van der Waals surface area contributed by atoms with Gasteiger partial charge in [0.05, 0.1) is 12.6 Å². The topological polar surface area (TPSA) is 34.5 Å². The van der Waals surface area contributed by atoms with Crippen LogP contribution in [0.3, 0.4) is 0 Å². The maximum absolute atomic E-state index is 12.4. The van der Waals surface area contributed by atoms with E-state index in [0.717, 1.165) is 22.4 Å². The standard InChI is InChI=1S/C18H17ClN2O2/c1-20(13-10-8-12(19)9-11-13)17-16(18(22)23-3)14-6-4-5-7-15(14)21(17)2/h4-11H,1-3H3. The molecule has 1 heterocycles. The molecule has 0 atom stereocenters. The van der Waals surface area contributed by atoms with Crippen molar-refractivity contribution < 1.29 is 9.53 Å². The van der Waals surface area contributed by atoms with Gasteiger partial charge in [-0.25, -0.2) is 4.79 Å². The van der Waals surface area contributed by atoms with Gasteiger partial charge in [-0.05, 0) is 30.3 Å². The normalized spacial score (nSPS) is 10.8. The molecule has 0 spiro atoms. The number of carbonyl (C=O) groups is 1. The number of halogens is 1. The SMILES string of the molecule is COC(=O)c1c(N(C)c2ccc(Cl)cc2)n(C)c2ccccc12. The number of para-hydroxylation sites is 1. The Bertz CT molecular complexity index is 869. The zero-order chi connectivity index (χ0) is 16.6. The molecule has 118 valence electrons. The highest BCUT2D eigenvalue weighted by Crippen LogP contribution is 2.35. The summed E-state index contributed by atoms with van der Waals surface area (Å²) in [5.74, 6) is 0.429. The third-order valence-corrected chi connectivity index (χ3v) is 4.25. The summed E-state index contributed by atoms with van der Waals surface area (Å²) in [6.07, 6.45) is 0. The number of aryl methyl sites for hydroxylation is 1. The van der Waals surface area contributed by atoms with E-state index in [9.17, 15) is 4.79 Å². The van der Waals surface area contributed by atoms with Gasteiger partial charge in [0.1, 0.15) is 11.4 Å². The first-order valence-electron chi connectivity index (χ1n) is 7.19. The molecule has 0 radical (unpaired) electrons. The molecule has 3 rings (SSSR count). The number of methoxy groups -OCH3 is 1. The molecule has 0 aliphatic carbocycles. The second-order valence-electron chi connectivity index (χ2n) is 5.30. The Kier molecular flexibility index (Phi) is 4.01. The van der Waals surface area contributed by atoms with E-state index in [4.69, 9.17) is 16.3 Å². The van der Waals surface area contributed by atoms with E-state index in [-0.39, 0.29) is 5.97 Å². The largest absolute Gasteiger partial charge is 0.465 e. The highest BCUT2D eigenvalue weighted by atomic mass is 35.5. The van der Waals surface area contributed by atoms with Crippen molar-refractivity contribution >= 4 is 40.0 Å². The predicted molar refractivity (Wildman–Crippen MR) is 93.8 cm³/mol. The van der Waals surface area contributed by atoms with Crippen LogP contribution in [0.2, 0.25) is 5.02 Å². The molecule has 0 amide bonds. The molecule has 0 saturated carbocycles. The Balaban J connectivity index is 2.25. The van der Waals surface area contributed by atoms with Crippen LogP contribution in [0.1, 0.15) is 10.4 Å². The average molecular weight is 329 g/mol. The number of benzene rings is 2. The smallest absolute Gasteiger partial charge is 0.342 e. The fourth-order valence-corrected chi connectivity index (χ4v) is 2.99. The van der Waals surface area contributed by atoms with Crippen molar-refractivity contribution in [3.8, 4) is 0 Å². The fourth-order valence-electron chi connectivity index (χ4n) is 2.86. The molecule has 23 heavy (non-hydrogen) atoms. The summed E-state index contributed by atoms with van der Waals surface area (Å²) in [6.45, 7) is 0. The highest BCUT2D eigenvalue weighted by Gasteiger charge is 2.24. The van der Waals surface area contributed by atoms with Gasteiger partial charge in [-0.15, -0.1) is 0 Å². The number of hydrogen-bond acceptors (Lipinski definition) is 3. The number of rotatable bonds is 3. The lowest BCUT2D eigenvalue weighted by molar-refractivity contribution is 0.0603. The number of ether oxygens (including phenoxy) is 1. The molecule has 0 fully saturated rings. The van der Waals surface area contributed by atoms with E-state index in [1.807, 2.05) is 72.1 Å². The van der Waals surface area contributed by atoms with Crippen LogP contribution in [0, 0.1) is 0 Å². The summed E-state index contributed by atoms with van der Waals surface area (Å²) in [5, 5.41) is 1.55. The minimum absolute atomic E-state index is 0.349. The fraction of sp³-hybridized carbons (Fsp3) is 0.167. The molecule has 4 nitrogen and oxygen atoms in total. The van der Waals surface area contributed by atoms with E-state index >= 15 is 0 Å². The maximum Gasteiger partial charge on any atom is 0.342 e. The van der Waals surface area contributed by atoms with Crippen LogP contribution in [0.25, 0.3) is 10.9 Å². The Morgan fingerprint density at radius 2 is 1.78 bits per heavy atom. The molecular formula is C18H17ClN2O2. The first kappa shape index (κ1) is 15.4. The second kappa shape index (κ2) is 5.97. The Hall–Kier alpha value is -2.46. The molecule has 0 aliphatic rings. The van der Waals surface area contributed by atoms with Crippen molar-refractivity contribution in [2.24, 2.45) is 7.05 Å². The van der Waals surface area contributed by atoms with Crippen LogP contribution in [-0.2, 0) is 11.8 Å². The van der Waals surface area contributed by atoms with Gasteiger partial charge >= 0.3 is 5.97 Å². The van der Waals surface area contributed by atoms with Gasteiger partial charge in [0.15, 0.2) is 0 Å². The molecule has 0 unspecified atom stereocenters. The number of esters is 1. The number of anilines is 2. The van der Waals surface area contributed by atoms with Crippen LogP contribution in [0.4, 0.5) is 11.5 Å². The van der Waals surface area contributed by atoms with Gasteiger partial charge in [0.25, 0.3) is 0 Å².